The highest BCUT2D eigenvalue weighted by Crippen LogP contribution is 2.30. The molecule has 0 spiro atoms. The number of phenolic OH excluding ortho intramolecular Hbond substituents is 1. The highest BCUT2D eigenvalue weighted by atomic mass is 79.9. The number of para-hydroxylation sites is 1. The number of rotatable bonds is 4. The molecule has 0 atom stereocenters. The maximum absolute atomic E-state index is 9.71. The van der Waals surface area contributed by atoms with Crippen molar-refractivity contribution in [2.45, 2.75) is 10.6 Å². The van der Waals surface area contributed by atoms with Gasteiger partial charge < -0.3 is 9.63 Å². The van der Waals surface area contributed by atoms with Crippen molar-refractivity contribution in [3.63, 3.8) is 0 Å². The van der Waals surface area contributed by atoms with Gasteiger partial charge in [-0.3, -0.25) is 0 Å². The van der Waals surface area contributed by atoms with Crippen LogP contribution in [0.1, 0.15) is 5.89 Å². The van der Waals surface area contributed by atoms with Crippen molar-refractivity contribution in [1.82, 2.24) is 10.1 Å². The van der Waals surface area contributed by atoms with Gasteiger partial charge in [0.1, 0.15) is 5.75 Å². The molecule has 0 aliphatic carbocycles. The Bertz CT molecular complexity index is 761. The lowest BCUT2D eigenvalue weighted by Crippen LogP contribution is -1.83. The molecular weight excluding hydrogens is 352 g/mol. The lowest BCUT2D eigenvalue weighted by molar-refractivity contribution is 0.391. The molecule has 0 saturated carbocycles. The van der Waals surface area contributed by atoms with Crippen LogP contribution >= 0.6 is 27.7 Å². The number of aromatic nitrogens is 2. The molecule has 3 aromatic rings. The highest BCUT2D eigenvalue weighted by Gasteiger charge is 2.10. The molecular formula is C15H11BrN2O2S. The van der Waals surface area contributed by atoms with E-state index in [9.17, 15) is 5.11 Å². The topological polar surface area (TPSA) is 59.2 Å². The van der Waals surface area contributed by atoms with E-state index >= 15 is 0 Å². The number of hydrogen-bond acceptors (Lipinski definition) is 5. The van der Waals surface area contributed by atoms with Crippen LogP contribution in [0, 0.1) is 0 Å². The number of halogens is 1. The van der Waals surface area contributed by atoms with E-state index in [1.165, 1.54) is 11.8 Å². The second kappa shape index (κ2) is 6.32. The van der Waals surface area contributed by atoms with Gasteiger partial charge in [0.15, 0.2) is 0 Å². The van der Waals surface area contributed by atoms with E-state index in [4.69, 9.17) is 4.52 Å². The third kappa shape index (κ3) is 3.46. The first-order valence-corrected chi connectivity index (χ1v) is 7.99. The SMILES string of the molecule is Oc1ccccc1SCc1nc(-c2cccc(Br)c2)no1. The molecule has 2 aromatic carbocycles. The second-order valence-electron chi connectivity index (χ2n) is 4.28. The van der Waals surface area contributed by atoms with E-state index in [1.807, 2.05) is 36.4 Å². The summed E-state index contributed by atoms with van der Waals surface area (Å²) in [7, 11) is 0. The zero-order chi connectivity index (χ0) is 14.7. The Labute approximate surface area is 134 Å². The van der Waals surface area contributed by atoms with Crippen LogP contribution in [0.5, 0.6) is 5.75 Å². The van der Waals surface area contributed by atoms with E-state index in [0.717, 1.165) is 14.9 Å². The molecule has 0 radical (unpaired) electrons. The summed E-state index contributed by atoms with van der Waals surface area (Å²) in [5, 5.41) is 13.7. The van der Waals surface area contributed by atoms with Crippen molar-refractivity contribution < 1.29 is 9.63 Å². The van der Waals surface area contributed by atoms with Crippen LogP contribution in [0.3, 0.4) is 0 Å². The number of phenols is 1. The quantitative estimate of drug-likeness (QED) is 0.692. The number of aromatic hydroxyl groups is 1. The number of hydrogen-bond donors (Lipinski definition) is 1. The number of benzene rings is 2. The van der Waals surface area contributed by atoms with Crippen LogP contribution in [-0.2, 0) is 5.75 Å². The standard InChI is InChI=1S/C15H11BrN2O2S/c16-11-5-3-4-10(8-11)15-17-14(20-18-15)9-21-13-7-2-1-6-12(13)19/h1-8,19H,9H2. The van der Waals surface area contributed by atoms with Gasteiger partial charge in [0.05, 0.1) is 5.75 Å². The summed E-state index contributed by atoms with van der Waals surface area (Å²) < 4.78 is 6.21. The minimum atomic E-state index is 0.259. The monoisotopic (exact) mass is 362 g/mol. The first-order valence-electron chi connectivity index (χ1n) is 6.22. The Morgan fingerprint density at radius 2 is 2.00 bits per heavy atom. The Kier molecular flexibility index (Phi) is 4.26. The van der Waals surface area contributed by atoms with Crippen molar-refractivity contribution in [2.24, 2.45) is 0 Å². The molecule has 6 heteroatoms. The van der Waals surface area contributed by atoms with Gasteiger partial charge in [-0.1, -0.05) is 45.4 Å². The predicted octanol–water partition coefficient (Wildman–Crippen LogP) is 4.50. The lowest BCUT2D eigenvalue weighted by atomic mass is 10.2. The first-order chi connectivity index (χ1) is 10.2. The molecule has 0 aliphatic rings. The first kappa shape index (κ1) is 14.2. The fraction of sp³-hybridized carbons (Fsp3) is 0.0667. The van der Waals surface area contributed by atoms with Gasteiger partial charge in [-0.05, 0) is 24.3 Å². The van der Waals surface area contributed by atoms with E-state index in [2.05, 4.69) is 26.1 Å². The molecule has 0 fully saturated rings. The van der Waals surface area contributed by atoms with Crippen LogP contribution in [0.4, 0.5) is 0 Å². The summed E-state index contributed by atoms with van der Waals surface area (Å²) in [5.41, 5.74) is 0.895. The molecule has 106 valence electrons. The molecule has 0 amide bonds. The van der Waals surface area contributed by atoms with Gasteiger partial charge in [0, 0.05) is 14.9 Å². The maximum Gasteiger partial charge on any atom is 0.237 e. The maximum atomic E-state index is 9.71. The molecule has 1 N–H and O–H groups in total. The molecule has 3 rings (SSSR count). The van der Waals surface area contributed by atoms with Crippen molar-refractivity contribution in [2.75, 3.05) is 0 Å². The molecule has 0 aliphatic heterocycles. The summed E-state index contributed by atoms with van der Waals surface area (Å²) in [5.74, 6) is 1.86. The molecule has 1 aromatic heterocycles. The Balaban J connectivity index is 1.72. The van der Waals surface area contributed by atoms with E-state index in [1.54, 1.807) is 12.1 Å². The summed E-state index contributed by atoms with van der Waals surface area (Å²) in [6, 6.07) is 14.9. The summed E-state index contributed by atoms with van der Waals surface area (Å²) in [6.07, 6.45) is 0. The predicted molar refractivity (Wildman–Crippen MR) is 85.1 cm³/mol. The van der Waals surface area contributed by atoms with Crippen LogP contribution in [0.2, 0.25) is 0 Å². The van der Waals surface area contributed by atoms with E-state index in [-0.39, 0.29) is 5.75 Å². The minimum absolute atomic E-state index is 0.259. The van der Waals surface area contributed by atoms with E-state index in [0.29, 0.717) is 17.5 Å². The van der Waals surface area contributed by atoms with Crippen LogP contribution in [0.25, 0.3) is 11.4 Å². The molecule has 4 nitrogen and oxygen atoms in total. The van der Waals surface area contributed by atoms with Gasteiger partial charge in [0.2, 0.25) is 11.7 Å². The summed E-state index contributed by atoms with van der Waals surface area (Å²) in [4.78, 5) is 5.16. The summed E-state index contributed by atoms with van der Waals surface area (Å²) in [6.45, 7) is 0. The van der Waals surface area contributed by atoms with Crippen molar-refractivity contribution in [1.29, 1.82) is 0 Å². The van der Waals surface area contributed by atoms with Gasteiger partial charge in [-0.25, -0.2) is 0 Å². The minimum Gasteiger partial charge on any atom is -0.507 e. The molecule has 0 bridgehead atoms. The second-order valence-corrected chi connectivity index (χ2v) is 6.21. The van der Waals surface area contributed by atoms with E-state index < -0.39 is 0 Å². The molecule has 0 saturated heterocycles. The summed E-state index contributed by atoms with van der Waals surface area (Å²) >= 11 is 4.87. The number of nitrogens with zero attached hydrogens (tertiary/aromatic N) is 2. The van der Waals surface area contributed by atoms with Gasteiger partial charge in [-0.15, -0.1) is 11.8 Å². The Hall–Kier alpha value is -1.79. The Morgan fingerprint density at radius 3 is 2.81 bits per heavy atom. The van der Waals surface area contributed by atoms with Crippen LogP contribution in [-0.4, -0.2) is 15.2 Å². The van der Waals surface area contributed by atoms with Crippen LogP contribution in [0.15, 0.2) is 62.4 Å². The van der Waals surface area contributed by atoms with Crippen molar-refractivity contribution >= 4 is 27.7 Å². The van der Waals surface area contributed by atoms with Gasteiger partial charge in [-0.2, -0.15) is 4.98 Å². The fourth-order valence-corrected chi connectivity index (χ4v) is 2.96. The smallest absolute Gasteiger partial charge is 0.237 e. The lowest BCUT2D eigenvalue weighted by Gasteiger charge is -2.00. The third-order valence-electron chi connectivity index (χ3n) is 2.77. The Morgan fingerprint density at radius 1 is 1.14 bits per heavy atom. The largest absolute Gasteiger partial charge is 0.507 e. The fourth-order valence-electron chi connectivity index (χ4n) is 1.78. The van der Waals surface area contributed by atoms with Gasteiger partial charge in [0.25, 0.3) is 0 Å². The average Bonchev–Trinajstić information content (AvgIpc) is 2.95. The molecule has 21 heavy (non-hydrogen) atoms. The van der Waals surface area contributed by atoms with Crippen LogP contribution < -0.4 is 0 Å². The molecule has 0 unspecified atom stereocenters. The zero-order valence-corrected chi connectivity index (χ0v) is 13.3. The zero-order valence-electron chi connectivity index (χ0n) is 10.9. The molecule has 1 heterocycles. The van der Waals surface area contributed by atoms with Crippen molar-refractivity contribution in [3.8, 4) is 17.1 Å². The normalized spacial score (nSPS) is 10.7. The average molecular weight is 363 g/mol. The van der Waals surface area contributed by atoms with Gasteiger partial charge >= 0.3 is 0 Å². The third-order valence-corrected chi connectivity index (χ3v) is 4.31. The van der Waals surface area contributed by atoms with Crippen molar-refractivity contribution in [3.05, 3.63) is 58.9 Å². The highest BCUT2D eigenvalue weighted by molar-refractivity contribution is 9.10. The number of thioether (sulfide) groups is 1.